The first-order valence-electron chi connectivity index (χ1n) is 6.87. The first kappa shape index (κ1) is 16.0. The highest BCUT2D eigenvalue weighted by molar-refractivity contribution is 6.31. The topological polar surface area (TPSA) is 65.1 Å². The van der Waals surface area contributed by atoms with Crippen LogP contribution in [0.5, 0.6) is 0 Å². The van der Waals surface area contributed by atoms with Gasteiger partial charge >= 0.3 is 0 Å². The molecule has 0 fully saturated rings. The van der Waals surface area contributed by atoms with Crippen LogP contribution in [0.4, 0.5) is 0 Å². The summed E-state index contributed by atoms with van der Waals surface area (Å²) in [7, 11) is 1.66. The molecule has 0 aliphatic rings. The molecule has 1 unspecified atom stereocenters. The molecule has 114 valence electrons. The van der Waals surface area contributed by atoms with Crippen molar-refractivity contribution < 1.29 is 4.74 Å². The summed E-state index contributed by atoms with van der Waals surface area (Å²) in [6.07, 6.45) is 2.39. The first-order valence-corrected chi connectivity index (χ1v) is 7.25. The second-order valence-electron chi connectivity index (χ2n) is 5.01. The molecule has 2 aromatic rings. The van der Waals surface area contributed by atoms with Gasteiger partial charge in [0.15, 0.2) is 0 Å². The molecule has 1 atom stereocenters. The summed E-state index contributed by atoms with van der Waals surface area (Å²) >= 11 is 6.28. The Labute approximate surface area is 130 Å². The average Bonchev–Trinajstić information content (AvgIpc) is 2.83. The molecule has 0 spiro atoms. The molecular weight excluding hydrogens is 288 g/mol. The standard InChI is InChI=1S/C15H21ClN4O/c1-11-4-3-5-12(8-11)9-14(19-17)15-13(16)10-18-20(15)6-7-21-2/h3-5,8,10,14,19H,6-7,9,17H2,1-2H3. The number of nitrogens with one attached hydrogen (secondary N) is 1. The third-order valence-electron chi connectivity index (χ3n) is 3.39. The fourth-order valence-electron chi connectivity index (χ4n) is 2.38. The van der Waals surface area contributed by atoms with Crippen LogP contribution in [0.15, 0.2) is 30.5 Å². The molecule has 6 heteroatoms. The lowest BCUT2D eigenvalue weighted by Gasteiger charge is -2.18. The number of hydrogen-bond donors (Lipinski definition) is 2. The van der Waals surface area contributed by atoms with Gasteiger partial charge in [-0.05, 0) is 18.9 Å². The number of methoxy groups -OCH3 is 1. The van der Waals surface area contributed by atoms with Crippen molar-refractivity contribution in [3.05, 3.63) is 52.3 Å². The van der Waals surface area contributed by atoms with E-state index in [0.29, 0.717) is 18.2 Å². The molecule has 0 aliphatic carbocycles. The summed E-state index contributed by atoms with van der Waals surface area (Å²) < 4.78 is 6.94. The van der Waals surface area contributed by atoms with Gasteiger partial charge < -0.3 is 4.74 Å². The number of hydrogen-bond acceptors (Lipinski definition) is 4. The summed E-state index contributed by atoms with van der Waals surface area (Å²) in [6, 6.07) is 8.25. The van der Waals surface area contributed by atoms with Gasteiger partial charge in [-0.2, -0.15) is 5.10 Å². The SMILES string of the molecule is COCCn1ncc(Cl)c1C(Cc1cccc(C)c1)NN. The van der Waals surface area contributed by atoms with Crippen LogP contribution in [0.2, 0.25) is 5.02 Å². The van der Waals surface area contributed by atoms with Gasteiger partial charge in [0.25, 0.3) is 0 Å². The van der Waals surface area contributed by atoms with E-state index in [1.165, 1.54) is 11.1 Å². The van der Waals surface area contributed by atoms with Crippen LogP contribution in [-0.4, -0.2) is 23.5 Å². The van der Waals surface area contributed by atoms with Gasteiger partial charge in [-0.25, -0.2) is 0 Å². The normalized spacial score (nSPS) is 12.6. The molecule has 1 aromatic heterocycles. The van der Waals surface area contributed by atoms with Gasteiger partial charge in [0.1, 0.15) is 0 Å². The summed E-state index contributed by atoms with van der Waals surface area (Å²) in [4.78, 5) is 0. The smallest absolute Gasteiger partial charge is 0.0834 e. The molecule has 1 heterocycles. The van der Waals surface area contributed by atoms with Crippen molar-refractivity contribution in [1.82, 2.24) is 15.2 Å². The van der Waals surface area contributed by atoms with E-state index < -0.39 is 0 Å². The van der Waals surface area contributed by atoms with E-state index in [9.17, 15) is 0 Å². The zero-order valence-corrected chi connectivity index (χ0v) is 13.1. The van der Waals surface area contributed by atoms with E-state index in [-0.39, 0.29) is 6.04 Å². The van der Waals surface area contributed by atoms with E-state index >= 15 is 0 Å². The third-order valence-corrected chi connectivity index (χ3v) is 3.69. The minimum atomic E-state index is -0.0985. The van der Waals surface area contributed by atoms with Gasteiger partial charge in [0.2, 0.25) is 0 Å². The summed E-state index contributed by atoms with van der Waals surface area (Å²) in [5.41, 5.74) is 6.16. The van der Waals surface area contributed by atoms with Gasteiger partial charge in [-0.3, -0.25) is 16.0 Å². The number of aryl methyl sites for hydroxylation is 1. The quantitative estimate of drug-likeness (QED) is 0.608. The lowest BCUT2D eigenvalue weighted by molar-refractivity contribution is 0.181. The van der Waals surface area contributed by atoms with Gasteiger partial charge in [-0.1, -0.05) is 41.4 Å². The number of benzene rings is 1. The fourth-order valence-corrected chi connectivity index (χ4v) is 2.66. The van der Waals surface area contributed by atoms with Crippen LogP contribution in [0, 0.1) is 6.92 Å². The Morgan fingerprint density at radius 1 is 1.48 bits per heavy atom. The number of halogens is 1. The molecule has 0 radical (unpaired) electrons. The highest BCUT2D eigenvalue weighted by Gasteiger charge is 2.19. The minimum Gasteiger partial charge on any atom is -0.383 e. The minimum absolute atomic E-state index is 0.0985. The Hall–Kier alpha value is -1.40. The van der Waals surface area contributed by atoms with Crippen LogP contribution >= 0.6 is 11.6 Å². The van der Waals surface area contributed by atoms with Crippen LogP contribution in [0.3, 0.4) is 0 Å². The maximum Gasteiger partial charge on any atom is 0.0834 e. The van der Waals surface area contributed by atoms with Crippen LogP contribution in [0.25, 0.3) is 0 Å². The molecule has 21 heavy (non-hydrogen) atoms. The van der Waals surface area contributed by atoms with Crippen LogP contribution in [0.1, 0.15) is 22.9 Å². The monoisotopic (exact) mass is 308 g/mol. The predicted octanol–water partition coefficient (Wildman–Crippen LogP) is 2.24. The maximum atomic E-state index is 6.28. The molecule has 1 aromatic carbocycles. The molecule has 0 bridgehead atoms. The van der Waals surface area contributed by atoms with Gasteiger partial charge in [0.05, 0.1) is 36.1 Å². The van der Waals surface area contributed by atoms with Crippen molar-refractivity contribution in [2.75, 3.05) is 13.7 Å². The Morgan fingerprint density at radius 3 is 2.95 bits per heavy atom. The Bertz CT molecular complexity index is 585. The van der Waals surface area contributed by atoms with Crippen molar-refractivity contribution in [2.45, 2.75) is 25.9 Å². The largest absolute Gasteiger partial charge is 0.383 e. The first-order chi connectivity index (χ1) is 10.2. The molecule has 3 N–H and O–H groups in total. The van der Waals surface area contributed by atoms with Crippen molar-refractivity contribution in [3.8, 4) is 0 Å². The Kier molecular flexibility index (Phi) is 5.76. The summed E-state index contributed by atoms with van der Waals surface area (Å²) in [5.74, 6) is 5.74. The number of aromatic nitrogens is 2. The molecule has 2 rings (SSSR count). The van der Waals surface area contributed by atoms with E-state index in [1.807, 2.05) is 10.7 Å². The lowest BCUT2D eigenvalue weighted by atomic mass is 10.0. The molecular formula is C15H21ClN4O. The van der Waals surface area contributed by atoms with E-state index in [1.54, 1.807) is 13.3 Å². The number of nitrogens with two attached hydrogens (primary N) is 1. The van der Waals surface area contributed by atoms with Gasteiger partial charge in [0, 0.05) is 7.11 Å². The van der Waals surface area contributed by atoms with Crippen molar-refractivity contribution >= 4 is 11.6 Å². The number of rotatable bonds is 7. The van der Waals surface area contributed by atoms with Crippen LogP contribution < -0.4 is 11.3 Å². The van der Waals surface area contributed by atoms with E-state index in [4.69, 9.17) is 22.2 Å². The average molecular weight is 309 g/mol. The maximum absolute atomic E-state index is 6.28. The van der Waals surface area contributed by atoms with Crippen LogP contribution in [-0.2, 0) is 17.7 Å². The lowest BCUT2D eigenvalue weighted by Crippen LogP contribution is -2.32. The number of ether oxygens (including phenoxy) is 1. The predicted molar refractivity (Wildman–Crippen MR) is 84.1 cm³/mol. The molecule has 0 aliphatic heterocycles. The van der Waals surface area contributed by atoms with E-state index in [0.717, 1.165) is 12.1 Å². The third kappa shape index (κ3) is 4.04. The number of nitrogens with zero attached hydrogens (tertiary/aromatic N) is 2. The highest BCUT2D eigenvalue weighted by Crippen LogP contribution is 2.25. The van der Waals surface area contributed by atoms with Gasteiger partial charge in [-0.15, -0.1) is 0 Å². The zero-order valence-electron chi connectivity index (χ0n) is 12.3. The molecule has 0 saturated heterocycles. The highest BCUT2D eigenvalue weighted by atomic mass is 35.5. The molecule has 5 nitrogen and oxygen atoms in total. The zero-order chi connectivity index (χ0) is 15.2. The van der Waals surface area contributed by atoms with Crippen molar-refractivity contribution in [3.63, 3.8) is 0 Å². The Balaban J connectivity index is 2.22. The van der Waals surface area contributed by atoms with Crippen molar-refractivity contribution in [1.29, 1.82) is 0 Å². The summed E-state index contributed by atoms with van der Waals surface area (Å²) in [5, 5.41) is 4.90. The second kappa shape index (κ2) is 7.56. The Morgan fingerprint density at radius 2 is 2.29 bits per heavy atom. The van der Waals surface area contributed by atoms with E-state index in [2.05, 4.69) is 35.6 Å². The summed E-state index contributed by atoms with van der Waals surface area (Å²) in [6.45, 7) is 3.29. The van der Waals surface area contributed by atoms with Crippen molar-refractivity contribution in [2.24, 2.45) is 5.84 Å². The molecule has 0 amide bonds. The number of hydrazine groups is 1. The second-order valence-corrected chi connectivity index (χ2v) is 5.41. The molecule has 0 saturated carbocycles. The fraction of sp³-hybridized carbons (Fsp3) is 0.400.